The lowest BCUT2D eigenvalue weighted by atomic mass is 10.1. The number of hydrogen-bond acceptors (Lipinski definition) is 5. The second kappa shape index (κ2) is 8.15. The molecule has 2 aromatic rings. The second-order valence-corrected chi connectivity index (χ2v) is 4.95. The van der Waals surface area contributed by atoms with Gasteiger partial charge in [-0.1, -0.05) is 18.2 Å². The van der Waals surface area contributed by atoms with Crippen molar-refractivity contribution in [2.75, 3.05) is 27.9 Å². The van der Waals surface area contributed by atoms with E-state index < -0.39 is 0 Å². The Hall–Kier alpha value is -2.82. The van der Waals surface area contributed by atoms with Crippen LogP contribution in [0.3, 0.4) is 0 Å². The molecule has 0 heterocycles. The largest absolute Gasteiger partial charge is 0.504 e. The van der Waals surface area contributed by atoms with E-state index in [1.54, 1.807) is 33.5 Å². The smallest absolute Gasteiger partial charge is 0.203 e. The first-order valence-electron chi connectivity index (χ1n) is 7.56. The summed E-state index contributed by atoms with van der Waals surface area (Å²) in [6.45, 7) is 2.38. The lowest BCUT2D eigenvalue weighted by Gasteiger charge is -2.12. The fraction of sp³-hybridized carbons (Fsp3) is 0.263. The second-order valence-electron chi connectivity index (χ2n) is 4.95. The van der Waals surface area contributed by atoms with Crippen molar-refractivity contribution in [2.45, 2.75) is 6.92 Å². The summed E-state index contributed by atoms with van der Waals surface area (Å²) in [5, 5.41) is 9.94. The number of hydrogen-bond donors (Lipinski definition) is 1. The molecule has 0 aliphatic heterocycles. The van der Waals surface area contributed by atoms with E-state index in [1.807, 2.05) is 37.3 Å². The Kier molecular flexibility index (Phi) is 5.95. The van der Waals surface area contributed by atoms with Crippen LogP contribution in [0.25, 0.3) is 12.2 Å². The van der Waals surface area contributed by atoms with Crippen LogP contribution in [0.4, 0.5) is 0 Å². The van der Waals surface area contributed by atoms with E-state index in [4.69, 9.17) is 18.9 Å². The van der Waals surface area contributed by atoms with Gasteiger partial charge in [-0.2, -0.15) is 0 Å². The Balaban J connectivity index is 2.30. The average molecular weight is 330 g/mol. The van der Waals surface area contributed by atoms with E-state index in [9.17, 15) is 5.11 Å². The Morgan fingerprint density at radius 1 is 0.833 bits per heavy atom. The van der Waals surface area contributed by atoms with Crippen LogP contribution in [0.15, 0.2) is 30.3 Å². The van der Waals surface area contributed by atoms with E-state index in [-0.39, 0.29) is 5.75 Å². The molecule has 1 N–H and O–H groups in total. The summed E-state index contributed by atoms with van der Waals surface area (Å²) in [6, 6.07) is 8.98. The van der Waals surface area contributed by atoms with Crippen LogP contribution in [0.1, 0.15) is 18.1 Å². The van der Waals surface area contributed by atoms with Crippen molar-refractivity contribution >= 4 is 12.2 Å². The summed E-state index contributed by atoms with van der Waals surface area (Å²) in [6.07, 6.45) is 3.79. The van der Waals surface area contributed by atoms with Gasteiger partial charge in [-0.25, -0.2) is 0 Å². The van der Waals surface area contributed by atoms with E-state index >= 15 is 0 Å². The molecule has 0 saturated heterocycles. The lowest BCUT2D eigenvalue weighted by Crippen LogP contribution is -1.95. The zero-order chi connectivity index (χ0) is 17.5. The van der Waals surface area contributed by atoms with Crippen molar-refractivity contribution in [2.24, 2.45) is 0 Å². The Morgan fingerprint density at radius 2 is 1.46 bits per heavy atom. The van der Waals surface area contributed by atoms with Gasteiger partial charge >= 0.3 is 0 Å². The van der Waals surface area contributed by atoms with Gasteiger partial charge < -0.3 is 24.1 Å². The molecule has 0 unspecified atom stereocenters. The molecule has 0 atom stereocenters. The van der Waals surface area contributed by atoms with Crippen molar-refractivity contribution in [1.82, 2.24) is 0 Å². The predicted molar refractivity (Wildman–Crippen MR) is 94.3 cm³/mol. The molecule has 0 spiro atoms. The number of benzene rings is 2. The van der Waals surface area contributed by atoms with Gasteiger partial charge in [-0.05, 0) is 42.3 Å². The van der Waals surface area contributed by atoms with E-state index in [1.165, 1.54) is 0 Å². The predicted octanol–water partition coefficient (Wildman–Crippen LogP) is 3.99. The number of aromatic hydroxyl groups is 1. The number of ether oxygens (including phenoxy) is 4. The van der Waals surface area contributed by atoms with Crippen LogP contribution in [-0.4, -0.2) is 33.0 Å². The maximum Gasteiger partial charge on any atom is 0.203 e. The number of phenols is 1. The zero-order valence-corrected chi connectivity index (χ0v) is 14.3. The minimum absolute atomic E-state index is 0.115. The third-order valence-corrected chi connectivity index (χ3v) is 3.44. The Labute approximate surface area is 142 Å². The molecule has 2 rings (SSSR count). The quantitative estimate of drug-likeness (QED) is 0.778. The van der Waals surface area contributed by atoms with Crippen LogP contribution >= 0.6 is 0 Å². The molecule has 0 aliphatic carbocycles. The maximum absolute atomic E-state index is 9.94. The van der Waals surface area contributed by atoms with Crippen LogP contribution in [-0.2, 0) is 0 Å². The van der Waals surface area contributed by atoms with E-state index in [0.717, 1.165) is 11.1 Å². The van der Waals surface area contributed by atoms with Crippen molar-refractivity contribution in [3.63, 3.8) is 0 Å². The van der Waals surface area contributed by atoms with Gasteiger partial charge in [0.25, 0.3) is 0 Å². The van der Waals surface area contributed by atoms with Crippen LogP contribution in [0.2, 0.25) is 0 Å². The van der Waals surface area contributed by atoms with Gasteiger partial charge in [0.15, 0.2) is 23.0 Å². The molecule has 0 radical (unpaired) electrons. The highest BCUT2D eigenvalue weighted by molar-refractivity contribution is 5.73. The minimum atomic E-state index is 0.115. The first kappa shape index (κ1) is 17.5. The standard InChI is InChI=1S/C19H22O5/c1-5-24-16-9-8-13(10-15(16)20)6-7-14-11-17(21-2)19(23-4)18(12-14)22-3/h6-12,20H,5H2,1-4H3/b7-6+. The molecule has 24 heavy (non-hydrogen) atoms. The highest BCUT2D eigenvalue weighted by Gasteiger charge is 2.12. The lowest BCUT2D eigenvalue weighted by molar-refractivity contribution is 0.318. The van der Waals surface area contributed by atoms with Gasteiger partial charge in [0.1, 0.15) is 0 Å². The SMILES string of the molecule is CCOc1ccc(/C=C/c2cc(OC)c(OC)c(OC)c2)cc1O. The fourth-order valence-corrected chi connectivity index (χ4v) is 2.31. The number of rotatable bonds is 7. The third-order valence-electron chi connectivity index (χ3n) is 3.44. The molecule has 5 heteroatoms. The van der Waals surface area contributed by atoms with Crippen molar-refractivity contribution in [3.8, 4) is 28.7 Å². The Morgan fingerprint density at radius 3 is 1.96 bits per heavy atom. The normalized spacial score (nSPS) is 10.7. The molecule has 5 nitrogen and oxygen atoms in total. The number of methoxy groups -OCH3 is 3. The van der Waals surface area contributed by atoms with E-state index in [0.29, 0.717) is 29.6 Å². The third kappa shape index (κ3) is 3.93. The first-order valence-corrected chi connectivity index (χ1v) is 7.56. The molecular formula is C19H22O5. The topological polar surface area (TPSA) is 57.2 Å². The monoisotopic (exact) mass is 330 g/mol. The molecule has 0 aromatic heterocycles. The molecule has 2 aromatic carbocycles. The average Bonchev–Trinajstić information content (AvgIpc) is 2.61. The molecule has 0 fully saturated rings. The van der Waals surface area contributed by atoms with Crippen molar-refractivity contribution in [3.05, 3.63) is 41.5 Å². The van der Waals surface area contributed by atoms with Crippen LogP contribution in [0.5, 0.6) is 28.7 Å². The van der Waals surface area contributed by atoms with Crippen LogP contribution < -0.4 is 18.9 Å². The van der Waals surface area contributed by atoms with Gasteiger partial charge in [0, 0.05) is 0 Å². The highest BCUT2D eigenvalue weighted by atomic mass is 16.5. The highest BCUT2D eigenvalue weighted by Crippen LogP contribution is 2.38. The minimum Gasteiger partial charge on any atom is -0.504 e. The number of phenolic OH excluding ortho intramolecular Hbond substituents is 1. The van der Waals surface area contributed by atoms with Crippen molar-refractivity contribution in [1.29, 1.82) is 0 Å². The summed E-state index contributed by atoms with van der Waals surface area (Å²) >= 11 is 0. The van der Waals surface area contributed by atoms with Gasteiger partial charge in [-0.15, -0.1) is 0 Å². The molecule has 0 bridgehead atoms. The summed E-state index contributed by atoms with van der Waals surface area (Å²) in [5.74, 6) is 2.32. The molecule has 0 aliphatic rings. The molecule has 128 valence electrons. The van der Waals surface area contributed by atoms with Gasteiger partial charge in [0.05, 0.1) is 27.9 Å². The summed E-state index contributed by atoms with van der Waals surface area (Å²) in [5.41, 5.74) is 1.74. The first-order chi connectivity index (χ1) is 11.6. The maximum atomic E-state index is 9.94. The fourth-order valence-electron chi connectivity index (χ4n) is 2.31. The zero-order valence-electron chi connectivity index (χ0n) is 14.3. The molecule has 0 amide bonds. The summed E-state index contributed by atoms with van der Waals surface area (Å²) in [4.78, 5) is 0. The van der Waals surface area contributed by atoms with Gasteiger partial charge in [0.2, 0.25) is 5.75 Å². The summed E-state index contributed by atoms with van der Waals surface area (Å²) < 4.78 is 21.3. The van der Waals surface area contributed by atoms with Crippen LogP contribution in [0, 0.1) is 0 Å². The van der Waals surface area contributed by atoms with E-state index in [2.05, 4.69) is 0 Å². The summed E-state index contributed by atoms with van der Waals surface area (Å²) in [7, 11) is 4.73. The van der Waals surface area contributed by atoms with Crippen molar-refractivity contribution < 1.29 is 24.1 Å². The molecular weight excluding hydrogens is 308 g/mol. The Bertz CT molecular complexity index is 697. The van der Waals surface area contributed by atoms with Gasteiger partial charge in [-0.3, -0.25) is 0 Å². The molecule has 0 saturated carbocycles.